The van der Waals surface area contributed by atoms with Crippen LogP contribution in [-0.2, 0) is 31.9 Å². The molecule has 8 nitrogen and oxygen atoms in total. The van der Waals surface area contributed by atoms with Crippen LogP contribution < -0.4 is 9.80 Å². The summed E-state index contributed by atoms with van der Waals surface area (Å²) in [6.45, 7) is 0. The fourth-order valence-corrected chi connectivity index (χ4v) is 9.16. The molecular weight excluding hydrogens is 913 g/mol. The molecule has 10 rings (SSSR count). The molecule has 0 atom stereocenters. The van der Waals surface area contributed by atoms with Gasteiger partial charge in [0.15, 0.2) is 0 Å². The molecule has 10 aromatic rings. The molecule has 0 bridgehead atoms. The van der Waals surface area contributed by atoms with Gasteiger partial charge in [-0.1, -0.05) is 146 Å². The van der Waals surface area contributed by atoms with Crippen LogP contribution in [-0.4, -0.2) is 36.1 Å². The van der Waals surface area contributed by atoms with Crippen molar-refractivity contribution in [3.8, 4) is 55.9 Å². The molecule has 0 aliphatic rings. The van der Waals surface area contributed by atoms with Crippen LogP contribution in [0.5, 0.6) is 0 Å². The standard InChI is InChI=1S/C66H54N4O4/c1-73-65(71)41-23-47-19-31-57(32-20-47)69(61-17-9-15-53(43-61)49-11-5-3-6-12-49)59-35-25-51(26-36-59)55-29-39-63(67-45-55)64-40-30-56(46-68-64)52-27-37-60(38-28-52)70(58-33-21-48(22-34-58)24-42-66(72)74-2)62-18-10-16-54(44-62)50-13-7-4-8-14-50/h3-22,25-40,43-46H,23-24,41-42H2,1-2H3. The van der Waals surface area contributed by atoms with Gasteiger partial charge in [0.1, 0.15) is 0 Å². The Morgan fingerprint density at radius 2 is 0.662 bits per heavy atom. The number of rotatable bonds is 17. The SMILES string of the molecule is COC(=O)CCc1ccc(N(c2ccc(-c3ccc(-c4ccc(-c5ccc(N(c6ccc(CCC(=O)OC)cc6)c6cccc(-c7ccccc7)c6)cc5)cn4)nc3)cc2)c2cccc(-c3ccccc3)c2)cc1. The van der Waals surface area contributed by atoms with E-state index in [0.717, 1.165) is 101 Å². The number of anilines is 6. The molecule has 2 aromatic heterocycles. The number of hydrogen-bond donors (Lipinski definition) is 0. The van der Waals surface area contributed by atoms with Crippen LogP contribution in [0.2, 0.25) is 0 Å². The van der Waals surface area contributed by atoms with Gasteiger partial charge >= 0.3 is 11.9 Å². The number of aryl methyl sites for hydroxylation is 2. The van der Waals surface area contributed by atoms with Gasteiger partial charge in [-0.15, -0.1) is 0 Å². The molecule has 0 aliphatic carbocycles. The van der Waals surface area contributed by atoms with Gasteiger partial charge in [0.05, 0.1) is 25.6 Å². The van der Waals surface area contributed by atoms with Gasteiger partial charge in [0.25, 0.3) is 0 Å². The predicted octanol–water partition coefficient (Wildman–Crippen LogP) is 16.0. The molecular formula is C66H54N4O4. The average Bonchev–Trinajstić information content (AvgIpc) is 3.48. The molecule has 2 heterocycles. The van der Waals surface area contributed by atoms with E-state index in [0.29, 0.717) is 25.7 Å². The monoisotopic (exact) mass is 966 g/mol. The molecule has 0 saturated heterocycles. The van der Waals surface area contributed by atoms with Gasteiger partial charge in [-0.25, -0.2) is 0 Å². The van der Waals surface area contributed by atoms with Crippen molar-refractivity contribution in [2.75, 3.05) is 24.0 Å². The molecule has 0 radical (unpaired) electrons. The van der Waals surface area contributed by atoms with Gasteiger partial charge in [-0.2, -0.15) is 0 Å². The number of ether oxygens (including phenoxy) is 2. The zero-order chi connectivity index (χ0) is 50.6. The molecule has 362 valence electrons. The molecule has 8 aromatic carbocycles. The van der Waals surface area contributed by atoms with Crippen LogP contribution in [0.15, 0.2) is 243 Å². The Balaban J connectivity index is 0.861. The van der Waals surface area contributed by atoms with Crippen LogP contribution in [0, 0.1) is 0 Å². The molecule has 0 spiro atoms. The summed E-state index contributed by atoms with van der Waals surface area (Å²) in [6, 6.07) is 80.1. The average molecular weight is 967 g/mol. The second-order valence-electron chi connectivity index (χ2n) is 17.9. The number of carbonyl (C=O) groups excluding carboxylic acids is 2. The second-order valence-corrected chi connectivity index (χ2v) is 17.9. The van der Waals surface area contributed by atoms with E-state index in [4.69, 9.17) is 19.4 Å². The first-order valence-corrected chi connectivity index (χ1v) is 24.8. The zero-order valence-electron chi connectivity index (χ0n) is 41.3. The fraction of sp³-hybridized carbons (Fsp3) is 0.0909. The zero-order valence-corrected chi connectivity index (χ0v) is 41.3. The van der Waals surface area contributed by atoms with Crippen molar-refractivity contribution >= 4 is 46.1 Å². The van der Waals surface area contributed by atoms with E-state index in [1.165, 1.54) is 14.2 Å². The van der Waals surface area contributed by atoms with Crippen molar-refractivity contribution in [3.63, 3.8) is 0 Å². The van der Waals surface area contributed by atoms with Crippen molar-refractivity contribution in [1.82, 2.24) is 9.97 Å². The molecule has 0 saturated carbocycles. The fourth-order valence-electron chi connectivity index (χ4n) is 9.16. The van der Waals surface area contributed by atoms with Crippen LogP contribution in [0.25, 0.3) is 55.9 Å². The summed E-state index contributed by atoms with van der Waals surface area (Å²) in [5, 5.41) is 0. The highest BCUT2D eigenvalue weighted by molar-refractivity contribution is 5.83. The minimum absolute atomic E-state index is 0.218. The lowest BCUT2D eigenvalue weighted by molar-refractivity contribution is -0.141. The van der Waals surface area contributed by atoms with Crippen molar-refractivity contribution < 1.29 is 19.1 Å². The third-order valence-corrected chi connectivity index (χ3v) is 13.2. The summed E-state index contributed by atoms with van der Waals surface area (Å²) in [4.78, 5) is 37.9. The summed E-state index contributed by atoms with van der Waals surface area (Å²) >= 11 is 0. The number of hydrogen-bond acceptors (Lipinski definition) is 8. The Kier molecular flexibility index (Phi) is 14.8. The number of benzene rings is 8. The molecule has 0 fully saturated rings. The van der Waals surface area contributed by atoms with E-state index in [9.17, 15) is 9.59 Å². The lowest BCUT2D eigenvalue weighted by atomic mass is 10.0. The molecule has 0 N–H and O–H groups in total. The van der Waals surface area contributed by atoms with Gasteiger partial charge in [-0.3, -0.25) is 19.6 Å². The second kappa shape index (κ2) is 22.8. The quantitative estimate of drug-likeness (QED) is 0.0835. The Morgan fingerprint density at radius 1 is 0.338 bits per heavy atom. The summed E-state index contributed by atoms with van der Waals surface area (Å²) in [7, 11) is 2.84. The number of methoxy groups -OCH3 is 2. The van der Waals surface area contributed by atoms with Crippen molar-refractivity contribution in [3.05, 3.63) is 254 Å². The molecule has 0 aliphatic heterocycles. The normalized spacial score (nSPS) is 10.9. The summed E-state index contributed by atoms with van der Waals surface area (Å²) in [5.41, 5.74) is 18.5. The minimum atomic E-state index is -0.218. The molecule has 0 amide bonds. The van der Waals surface area contributed by atoms with E-state index in [2.05, 4.69) is 216 Å². The van der Waals surface area contributed by atoms with Crippen LogP contribution in [0.1, 0.15) is 24.0 Å². The smallest absolute Gasteiger partial charge is 0.305 e. The first-order chi connectivity index (χ1) is 36.4. The van der Waals surface area contributed by atoms with E-state index in [1.807, 2.05) is 36.7 Å². The predicted molar refractivity (Wildman–Crippen MR) is 299 cm³/mol. The Morgan fingerprint density at radius 3 is 1.00 bits per heavy atom. The lowest BCUT2D eigenvalue weighted by Crippen LogP contribution is -2.10. The Hall–Kier alpha value is -9.40. The molecule has 8 heteroatoms. The Labute approximate surface area is 432 Å². The van der Waals surface area contributed by atoms with Gasteiger partial charge in [0, 0.05) is 70.5 Å². The minimum Gasteiger partial charge on any atom is -0.469 e. The first kappa shape index (κ1) is 48.2. The van der Waals surface area contributed by atoms with E-state index >= 15 is 0 Å². The highest BCUT2D eigenvalue weighted by atomic mass is 16.5. The van der Waals surface area contributed by atoms with Crippen LogP contribution >= 0.6 is 0 Å². The van der Waals surface area contributed by atoms with Gasteiger partial charge in [-0.05, 0) is 142 Å². The largest absolute Gasteiger partial charge is 0.469 e. The molecule has 0 unspecified atom stereocenters. The Bertz CT molecular complexity index is 3220. The summed E-state index contributed by atoms with van der Waals surface area (Å²) < 4.78 is 9.74. The third kappa shape index (κ3) is 11.4. The van der Waals surface area contributed by atoms with E-state index in [1.54, 1.807) is 0 Å². The van der Waals surface area contributed by atoms with Gasteiger partial charge in [0.2, 0.25) is 0 Å². The number of aromatic nitrogens is 2. The summed E-state index contributed by atoms with van der Waals surface area (Å²) in [5.74, 6) is -0.435. The third-order valence-electron chi connectivity index (χ3n) is 13.2. The number of nitrogens with zero attached hydrogens (tertiary/aromatic N) is 4. The molecule has 74 heavy (non-hydrogen) atoms. The number of pyridine rings is 2. The van der Waals surface area contributed by atoms with Crippen LogP contribution in [0.3, 0.4) is 0 Å². The summed E-state index contributed by atoms with van der Waals surface area (Å²) in [6.07, 6.45) is 5.71. The van der Waals surface area contributed by atoms with Gasteiger partial charge < -0.3 is 19.3 Å². The topological polar surface area (TPSA) is 84.9 Å². The highest BCUT2D eigenvalue weighted by Gasteiger charge is 2.17. The maximum atomic E-state index is 11.8. The number of esters is 2. The van der Waals surface area contributed by atoms with E-state index in [-0.39, 0.29) is 11.9 Å². The number of carbonyl (C=O) groups is 2. The lowest BCUT2D eigenvalue weighted by Gasteiger charge is -2.26. The highest BCUT2D eigenvalue weighted by Crippen LogP contribution is 2.40. The van der Waals surface area contributed by atoms with Crippen molar-refractivity contribution in [2.45, 2.75) is 25.7 Å². The van der Waals surface area contributed by atoms with Crippen molar-refractivity contribution in [2.24, 2.45) is 0 Å². The van der Waals surface area contributed by atoms with Crippen LogP contribution in [0.4, 0.5) is 34.1 Å². The maximum Gasteiger partial charge on any atom is 0.305 e. The first-order valence-electron chi connectivity index (χ1n) is 24.8. The maximum absolute atomic E-state index is 11.8. The van der Waals surface area contributed by atoms with Crippen molar-refractivity contribution in [1.29, 1.82) is 0 Å². The van der Waals surface area contributed by atoms with E-state index < -0.39 is 0 Å².